The van der Waals surface area contributed by atoms with Crippen LogP contribution in [0.5, 0.6) is 0 Å². The molecule has 0 fully saturated rings. The Hall–Kier alpha value is -2.43. The fourth-order valence-electron chi connectivity index (χ4n) is 3.62. The van der Waals surface area contributed by atoms with Crippen molar-refractivity contribution in [3.8, 4) is 0 Å². The normalized spacial score (nSPS) is 15.1. The Kier molecular flexibility index (Phi) is 8.38. The molecule has 0 N–H and O–H groups in total. The molecule has 2 aromatic rings. The Balaban J connectivity index is 2.03. The number of nitrogens with zero attached hydrogens (tertiary/aromatic N) is 2. The van der Waals surface area contributed by atoms with E-state index in [1.54, 1.807) is 51.1 Å². The molecule has 1 atom stereocenters. The molecule has 1 unspecified atom stereocenters. The minimum absolute atomic E-state index is 0.00903. The SMILES string of the molecule is CCOC(=O)CN1c2ccc(N(CC(=O)OCC)S(=O)(=O)c3cccc(Cl)c3C)cc2SC1C. The quantitative estimate of drug-likeness (QED) is 0.448. The second-order valence-electron chi connectivity index (χ2n) is 7.48. The Morgan fingerprint density at radius 1 is 1.12 bits per heavy atom. The second-order valence-corrected chi connectivity index (χ2v) is 11.1. The lowest BCUT2D eigenvalue weighted by atomic mass is 10.2. The van der Waals surface area contributed by atoms with E-state index in [1.165, 1.54) is 17.8 Å². The minimum Gasteiger partial charge on any atom is -0.465 e. The summed E-state index contributed by atoms with van der Waals surface area (Å²) in [5.74, 6) is -1.01. The van der Waals surface area contributed by atoms with Gasteiger partial charge in [0, 0.05) is 9.92 Å². The van der Waals surface area contributed by atoms with Crippen LogP contribution in [-0.4, -0.2) is 52.0 Å². The molecule has 8 nitrogen and oxygen atoms in total. The van der Waals surface area contributed by atoms with Gasteiger partial charge in [0.2, 0.25) is 0 Å². The van der Waals surface area contributed by atoms with Crippen LogP contribution in [0.15, 0.2) is 46.2 Å². The van der Waals surface area contributed by atoms with Crippen molar-refractivity contribution in [2.75, 3.05) is 35.5 Å². The van der Waals surface area contributed by atoms with E-state index >= 15 is 0 Å². The van der Waals surface area contributed by atoms with Crippen molar-refractivity contribution >= 4 is 56.7 Å². The number of hydrogen-bond acceptors (Lipinski definition) is 8. The predicted octanol–water partition coefficient (Wildman–Crippen LogP) is 4.23. The molecule has 1 aliphatic rings. The molecule has 0 radical (unpaired) electrons. The van der Waals surface area contributed by atoms with Crippen LogP contribution in [0.1, 0.15) is 26.3 Å². The van der Waals surface area contributed by atoms with Crippen molar-refractivity contribution in [3.05, 3.63) is 47.0 Å². The van der Waals surface area contributed by atoms with Crippen LogP contribution >= 0.6 is 23.4 Å². The highest BCUT2D eigenvalue weighted by Crippen LogP contribution is 2.45. The number of carbonyl (C=O) groups is 2. The number of sulfonamides is 1. The van der Waals surface area contributed by atoms with E-state index in [-0.39, 0.29) is 29.4 Å². The average Bonchev–Trinajstić information content (AvgIpc) is 3.08. The molecule has 0 saturated heterocycles. The molecular weight excluding hydrogens is 500 g/mol. The van der Waals surface area contributed by atoms with Gasteiger partial charge in [-0.3, -0.25) is 13.9 Å². The van der Waals surface area contributed by atoms with Crippen LogP contribution in [0.4, 0.5) is 11.4 Å². The summed E-state index contributed by atoms with van der Waals surface area (Å²) < 4.78 is 38.5. The third-order valence-corrected chi connectivity index (χ3v) is 8.75. The molecule has 1 aliphatic heterocycles. The number of rotatable bonds is 9. The van der Waals surface area contributed by atoms with Gasteiger partial charge in [0.15, 0.2) is 0 Å². The van der Waals surface area contributed by atoms with Crippen molar-refractivity contribution < 1.29 is 27.5 Å². The summed E-state index contributed by atoms with van der Waals surface area (Å²) in [6.07, 6.45) is 0. The first-order valence-corrected chi connectivity index (χ1v) is 13.5. The topological polar surface area (TPSA) is 93.2 Å². The van der Waals surface area contributed by atoms with Crippen LogP contribution in [0.3, 0.4) is 0 Å². The second kappa shape index (κ2) is 10.9. The molecule has 11 heteroatoms. The molecule has 3 rings (SSSR count). The number of halogens is 1. The van der Waals surface area contributed by atoms with Crippen LogP contribution in [0.25, 0.3) is 0 Å². The summed E-state index contributed by atoms with van der Waals surface area (Å²) in [4.78, 5) is 27.1. The van der Waals surface area contributed by atoms with Crippen molar-refractivity contribution in [1.29, 1.82) is 0 Å². The highest BCUT2D eigenvalue weighted by molar-refractivity contribution is 8.00. The van der Waals surface area contributed by atoms with Gasteiger partial charge in [-0.1, -0.05) is 29.4 Å². The molecule has 0 bridgehead atoms. The summed E-state index contributed by atoms with van der Waals surface area (Å²) in [6, 6.07) is 9.69. The average molecular weight is 527 g/mol. The van der Waals surface area contributed by atoms with Gasteiger partial charge in [-0.2, -0.15) is 0 Å². The first-order chi connectivity index (χ1) is 16.1. The van der Waals surface area contributed by atoms with Gasteiger partial charge in [0.1, 0.15) is 13.1 Å². The lowest BCUT2D eigenvalue weighted by molar-refractivity contribution is -0.142. The number of carbonyl (C=O) groups excluding carboxylic acids is 2. The summed E-state index contributed by atoms with van der Waals surface area (Å²) in [7, 11) is -4.14. The van der Waals surface area contributed by atoms with E-state index in [0.29, 0.717) is 22.9 Å². The minimum atomic E-state index is -4.14. The van der Waals surface area contributed by atoms with E-state index in [1.807, 2.05) is 11.8 Å². The maximum absolute atomic E-state index is 13.7. The fourth-order valence-corrected chi connectivity index (χ4v) is 6.68. The first kappa shape index (κ1) is 26.2. The predicted molar refractivity (Wildman–Crippen MR) is 133 cm³/mol. The Labute approximate surface area is 209 Å². The van der Waals surface area contributed by atoms with Gasteiger partial charge in [-0.05, 0) is 63.6 Å². The number of fused-ring (bicyclic) bond motifs is 1. The zero-order valence-electron chi connectivity index (χ0n) is 19.4. The molecule has 184 valence electrons. The van der Waals surface area contributed by atoms with Crippen LogP contribution in [0.2, 0.25) is 5.02 Å². The van der Waals surface area contributed by atoms with E-state index in [0.717, 1.165) is 14.9 Å². The van der Waals surface area contributed by atoms with E-state index in [9.17, 15) is 18.0 Å². The summed E-state index contributed by atoms with van der Waals surface area (Å²) >= 11 is 7.67. The highest BCUT2D eigenvalue weighted by atomic mass is 35.5. The van der Waals surface area contributed by atoms with E-state index in [4.69, 9.17) is 21.1 Å². The maximum Gasteiger partial charge on any atom is 0.326 e. The number of benzene rings is 2. The summed E-state index contributed by atoms with van der Waals surface area (Å²) in [6.45, 7) is 6.99. The summed E-state index contributed by atoms with van der Waals surface area (Å²) in [5.41, 5.74) is 1.49. The Bertz CT molecular complexity index is 1190. The van der Waals surface area contributed by atoms with Gasteiger partial charge in [-0.25, -0.2) is 8.42 Å². The van der Waals surface area contributed by atoms with Crippen LogP contribution in [-0.2, 0) is 29.1 Å². The molecule has 0 spiro atoms. The van der Waals surface area contributed by atoms with Gasteiger partial charge in [-0.15, -0.1) is 0 Å². The monoisotopic (exact) mass is 526 g/mol. The van der Waals surface area contributed by atoms with E-state index in [2.05, 4.69) is 0 Å². The number of ether oxygens (including phenoxy) is 2. The molecule has 0 aliphatic carbocycles. The molecule has 0 aromatic heterocycles. The molecule has 34 heavy (non-hydrogen) atoms. The van der Waals surface area contributed by atoms with Crippen molar-refractivity contribution in [3.63, 3.8) is 0 Å². The smallest absolute Gasteiger partial charge is 0.326 e. The number of hydrogen-bond donors (Lipinski definition) is 0. The van der Waals surface area contributed by atoms with Gasteiger partial charge < -0.3 is 14.4 Å². The Morgan fingerprint density at radius 3 is 2.47 bits per heavy atom. The number of thioether (sulfide) groups is 1. The third-order valence-electron chi connectivity index (χ3n) is 5.25. The van der Waals surface area contributed by atoms with Gasteiger partial charge in [0.25, 0.3) is 10.0 Å². The lowest BCUT2D eigenvalue weighted by Crippen LogP contribution is -2.37. The third kappa shape index (κ3) is 5.45. The summed E-state index contributed by atoms with van der Waals surface area (Å²) in [5, 5.41) is 0.255. The lowest BCUT2D eigenvalue weighted by Gasteiger charge is -2.26. The van der Waals surface area contributed by atoms with Crippen molar-refractivity contribution in [1.82, 2.24) is 0 Å². The molecule has 2 aromatic carbocycles. The standard InChI is InChI=1S/C23H27ClN2O6S2/c1-5-31-22(27)13-25-16(4)33-20-12-17(10-11-19(20)25)26(14-23(28)32-6-2)34(29,30)21-9-7-8-18(24)15(21)3/h7-12,16H,5-6,13-14H2,1-4H3. The van der Waals surface area contributed by atoms with E-state index < -0.39 is 22.5 Å². The van der Waals surface area contributed by atoms with Crippen LogP contribution in [0, 0.1) is 6.92 Å². The maximum atomic E-state index is 13.7. The first-order valence-electron chi connectivity index (χ1n) is 10.8. The molecular formula is C23H27ClN2O6S2. The number of anilines is 2. The van der Waals surface area contributed by atoms with Crippen LogP contribution < -0.4 is 9.21 Å². The molecule has 0 saturated carbocycles. The zero-order valence-corrected chi connectivity index (χ0v) is 21.8. The molecule has 0 amide bonds. The molecule has 1 heterocycles. The number of esters is 2. The van der Waals surface area contributed by atoms with Crippen molar-refractivity contribution in [2.24, 2.45) is 0 Å². The van der Waals surface area contributed by atoms with Gasteiger partial charge in [0.05, 0.1) is 34.9 Å². The Morgan fingerprint density at radius 2 is 1.79 bits per heavy atom. The zero-order chi connectivity index (χ0) is 25.0. The largest absolute Gasteiger partial charge is 0.465 e. The van der Waals surface area contributed by atoms with Crippen molar-refractivity contribution in [2.45, 2.75) is 42.9 Å². The highest BCUT2D eigenvalue weighted by Gasteiger charge is 2.33. The van der Waals surface area contributed by atoms with Gasteiger partial charge >= 0.3 is 11.9 Å². The fraction of sp³-hybridized carbons (Fsp3) is 0.391.